The summed E-state index contributed by atoms with van der Waals surface area (Å²) >= 11 is 0. The minimum Gasteiger partial charge on any atom is -0.394 e. The summed E-state index contributed by atoms with van der Waals surface area (Å²) in [7, 11) is 0. The van der Waals surface area contributed by atoms with Crippen molar-refractivity contribution in [3.63, 3.8) is 0 Å². The van der Waals surface area contributed by atoms with E-state index in [2.05, 4.69) is 5.32 Å². The Labute approximate surface area is 169 Å². The first-order valence-corrected chi connectivity index (χ1v) is 10.0. The van der Waals surface area contributed by atoms with Gasteiger partial charge < -0.3 is 15.3 Å². The zero-order chi connectivity index (χ0) is 20.5. The van der Waals surface area contributed by atoms with Crippen molar-refractivity contribution in [1.29, 1.82) is 0 Å². The number of nitrogens with zero attached hydrogens (tertiary/aromatic N) is 1. The minimum absolute atomic E-state index is 0.0427. The largest absolute Gasteiger partial charge is 0.394 e. The Bertz CT molecular complexity index is 911. The van der Waals surface area contributed by atoms with Crippen LogP contribution in [0.15, 0.2) is 48.5 Å². The molecule has 1 aliphatic carbocycles. The van der Waals surface area contributed by atoms with Gasteiger partial charge in [0.2, 0.25) is 11.8 Å². The summed E-state index contributed by atoms with van der Waals surface area (Å²) in [5.41, 5.74) is 2.69. The highest BCUT2D eigenvalue weighted by Crippen LogP contribution is 2.41. The molecule has 1 heterocycles. The summed E-state index contributed by atoms with van der Waals surface area (Å²) in [4.78, 5) is 25.8. The lowest BCUT2D eigenvalue weighted by atomic mass is 9.74. The lowest BCUT2D eigenvalue weighted by molar-refractivity contribution is -0.148. The maximum Gasteiger partial charge on any atom is 0.223 e. The summed E-state index contributed by atoms with van der Waals surface area (Å²) in [6, 6.07) is 13.7. The van der Waals surface area contributed by atoms with Crippen LogP contribution in [0.25, 0.3) is 11.1 Å². The van der Waals surface area contributed by atoms with Gasteiger partial charge in [-0.25, -0.2) is 4.39 Å². The van der Waals surface area contributed by atoms with E-state index in [-0.39, 0.29) is 48.2 Å². The van der Waals surface area contributed by atoms with Crippen molar-refractivity contribution in [2.75, 3.05) is 13.2 Å². The van der Waals surface area contributed by atoms with E-state index in [0.717, 1.165) is 29.5 Å². The number of aliphatic hydroxyl groups is 1. The van der Waals surface area contributed by atoms with Crippen molar-refractivity contribution >= 4 is 11.8 Å². The molecule has 0 radical (unpaired) electrons. The number of hydrogen-bond donors (Lipinski definition) is 2. The highest BCUT2D eigenvalue weighted by Gasteiger charge is 2.50. The summed E-state index contributed by atoms with van der Waals surface area (Å²) in [6.45, 7) is 1.73. The van der Waals surface area contributed by atoms with E-state index in [1.165, 1.54) is 19.1 Å². The normalized spacial score (nSPS) is 23.4. The SMILES string of the molecule is CC(=O)N1[C@@H](CO)[C@@H](c2ccc(-c3cccc(F)c3)cc2)[C@@H]1CNC(=O)C1CC1. The molecule has 5 nitrogen and oxygen atoms in total. The monoisotopic (exact) mass is 396 g/mol. The van der Waals surface area contributed by atoms with Crippen LogP contribution in [-0.4, -0.2) is 47.1 Å². The van der Waals surface area contributed by atoms with E-state index in [1.54, 1.807) is 11.0 Å². The summed E-state index contributed by atoms with van der Waals surface area (Å²) < 4.78 is 13.5. The van der Waals surface area contributed by atoms with Crippen LogP contribution in [0, 0.1) is 11.7 Å². The molecule has 0 spiro atoms. The Kier molecular flexibility index (Phi) is 5.37. The number of benzene rings is 2. The third-order valence-corrected chi connectivity index (χ3v) is 5.98. The number of nitrogens with one attached hydrogen (secondary N) is 1. The maximum absolute atomic E-state index is 13.5. The fraction of sp³-hybridized carbons (Fsp3) is 0.391. The zero-order valence-electron chi connectivity index (χ0n) is 16.3. The third-order valence-electron chi connectivity index (χ3n) is 5.98. The second-order valence-corrected chi connectivity index (χ2v) is 7.92. The Morgan fingerprint density at radius 1 is 1.10 bits per heavy atom. The number of carbonyl (C=O) groups is 2. The molecule has 2 aromatic carbocycles. The van der Waals surface area contributed by atoms with E-state index in [1.807, 2.05) is 30.3 Å². The summed E-state index contributed by atoms with van der Waals surface area (Å²) in [5, 5.41) is 12.8. The first-order chi connectivity index (χ1) is 14.0. The predicted molar refractivity (Wildman–Crippen MR) is 107 cm³/mol. The summed E-state index contributed by atoms with van der Waals surface area (Å²) in [5.74, 6) is -0.304. The van der Waals surface area contributed by atoms with Crippen LogP contribution in [0.3, 0.4) is 0 Å². The minimum atomic E-state index is -0.310. The molecule has 6 heteroatoms. The fourth-order valence-electron chi connectivity index (χ4n) is 4.35. The van der Waals surface area contributed by atoms with Gasteiger partial charge in [-0.3, -0.25) is 9.59 Å². The van der Waals surface area contributed by atoms with Crippen LogP contribution >= 0.6 is 0 Å². The second kappa shape index (κ2) is 7.95. The molecule has 4 rings (SSSR count). The molecular weight excluding hydrogens is 371 g/mol. The topological polar surface area (TPSA) is 69.6 Å². The Morgan fingerprint density at radius 3 is 2.41 bits per heavy atom. The molecule has 2 amide bonds. The van der Waals surface area contributed by atoms with E-state index in [4.69, 9.17) is 0 Å². The molecule has 2 aromatic rings. The first kappa shape index (κ1) is 19.6. The van der Waals surface area contributed by atoms with Gasteiger partial charge in [-0.05, 0) is 41.7 Å². The highest BCUT2D eigenvalue weighted by atomic mass is 19.1. The molecular formula is C23H25FN2O3. The Balaban J connectivity index is 1.54. The van der Waals surface area contributed by atoms with Gasteiger partial charge >= 0.3 is 0 Å². The van der Waals surface area contributed by atoms with Crippen molar-refractivity contribution in [2.24, 2.45) is 5.92 Å². The first-order valence-electron chi connectivity index (χ1n) is 10.0. The second-order valence-electron chi connectivity index (χ2n) is 7.92. The smallest absolute Gasteiger partial charge is 0.223 e. The third kappa shape index (κ3) is 3.90. The number of hydrogen-bond acceptors (Lipinski definition) is 3. The molecule has 2 fully saturated rings. The Morgan fingerprint density at radius 2 is 1.83 bits per heavy atom. The molecule has 1 aliphatic heterocycles. The van der Waals surface area contributed by atoms with Crippen molar-refractivity contribution < 1.29 is 19.1 Å². The van der Waals surface area contributed by atoms with Gasteiger partial charge in [-0.2, -0.15) is 0 Å². The van der Waals surface area contributed by atoms with Gasteiger partial charge in [0.05, 0.1) is 18.7 Å². The number of halogens is 1. The molecule has 1 saturated heterocycles. The van der Waals surface area contributed by atoms with E-state index < -0.39 is 0 Å². The molecule has 2 N–H and O–H groups in total. The van der Waals surface area contributed by atoms with E-state index in [9.17, 15) is 19.1 Å². The van der Waals surface area contributed by atoms with Gasteiger partial charge in [0, 0.05) is 25.3 Å². The van der Waals surface area contributed by atoms with Crippen LogP contribution in [-0.2, 0) is 9.59 Å². The zero-order valence-corrected chi connectivity index (χ0v) is 16.3. The standard InChI is InChI=1S/C23H25FN2O3/c1-14(28)26-20(12-25-23(29)17-9-10-17)22(21(26)13-27)16-7-5-15(6-8-16)18-3-2-4-19(24)11-18/h2-8,11,17,20-22,27H,9-10,12-13H2,1H3,(H,25,29)/t20-,21-,22-/m0/s1. The maximum atomic E-state index is 13.5. The van der Waals surface area contributed by atoms with Crippen LogP contribution in [0.4, 0.5) is 4.39 Å². The molecule has 1 saturated carbocycles. The Hall–Kier alpha value is -2.73. The van der Waals surface area contributed by atoms with Gasteiger partial charge in [0.25, 0.3) is 0 Å². The van der Waals surface area contributed by atoms with Gasteiger partial charge in [0.15, 0.2) is 0 Å². The number of amides is 2. The van der Waals surface area contributed by atoms with Crippen LogP contribution < -0.4 is 5.32 Å². The van der Waals surface area contributed by atoms with Crippen molar-refractivity contribution in [3.8, 4) is 11.1 Å². The van der Waals surface area contributed by atoms with Gasteiger partial charge in [0.1, 0.15) is 5.82 Å². The van der Waals surface area contributed by atoms with E-state index in [0.29, 0.717) is 6.54 Å². The molecule has 2 aliphatic rings. The predicted octanol–water partition coefficient (Wildman–Crippen LogP) is 2.69. The number of carbonyl (C=O) groups excluding carboxylic acids is 2. The van der Waals surface area contributed by atoms with Gasteiger partial charge in [-0.15, -0.1) is 0 Å². The number of rotatable bonds is 6. The highest BCUT2D eigenvalue weighted by molar-refractivity contribution is 5.81. The quantitative estimate of drug-likeness (QED) is 0.789. The fourth-order valence-corrected chi connectivity index (χ4v) is 4.35. The van der Waals surface area contributed by atoms with Crippen molar-refractivity contribution in [3.05, 3.63) is 59.9 Å². The average Bonchev–Trinajstić information content (AvgIpc) is 3.53. The molecule has 29 heavy (non-hydrogen) atoms. The molecule has 0 bridgehead atoms. The van der Waals surface area contributed by atoms with Crippen molar-refractivity contribution in [2.45, 2.75) is 37.8 Å². The lowest BCUT2D eigenvalue weighted by Crippen LogP contribution is -2.68. The van der Waals surface area contributed by atoms with Crippen molar-refractivity contribution in [1.82, 2.24) is 10.2 Å². The molecule has 3 atom stereocenters. The molecule has 152 valence electrons. The summed E-state index contributed by atoms with van der Waals surface area (Å²) in [6.07, 6.45) is 1.86. The van der Waals surface area contributed by atoms with Gasteiger partial charge in [-0.1, -0.05) is 36.4 Å². The molecule has 0 aromatic heterocycles. The lowest BCUT2D eigenvalue weighted by Gasteiger charge is -2.54. The molecule has 0 unspecified atom stereocenters. The van der Waals surface area contributed by atoms with Crippen LogP contribution in [0.2, 0.25) is 0 Å². The van der Waals surface area contributed by atoms with Crippen LogP contribution in [0.1, 0.15) is 31.2 Å². The number of aliphatic hydroxyl groups excluding tert-OH is 1. The van der Waals surface area contributed by atoms with Crippen LogP contribution in [0.5, 0.6) is 0 Å². The number of likely N-dealkylation sites (tertiary alicyclic amines) is 1. The van der Waals surface area contributed by atoms with E-state index >= 15 is 0 Å². The average molecular weight is 396 g/mol.